The zero-order valence-corrected chi connectivity index (χ0v) is 12.6. The van der Waals surface area contributed by atoms with Gasteiger partial charge in [0.25, 0.3) is 0 Å². The van der Waals surface area contributed by atoms with E-state index in [1.54, 1.807) is 29.2 Å². The second kappa shape index (κ2) is 5.25. The van der Waals surface area contributed by atoms with E-state index in [1.165, 1.54) is 7.11 Å². The summed E-state index contributed by atoms with van der Waals surface area (Å²) in [4.78, 5) is 15.7. The molecule has 0 radical (unpaired) electrons. The van der Waals surface area contributed by atoms with Gasteiger partial charge in [-0.1, -0.05) is 32.4 Å². The lowest BCUT2D eigenvalue weighted by Gasteiger charge is -2.20. The highest BCUT2D eigenvalue weighted by Crippen LogP contribution is 2.34. The molecule has 2 aromatic heterocycles. The molecule has 0 saturated heterocycles. The molecule has 0 aromatic carbocycles. The minimum Gasteiger partial charge on any atom is -0.464 e. The molecule has 0 saturated carbocycles. The van der Waals surface area contributed by atoms with Crippen molar-refractivity contribution in [3.8, 4) is 5.69 Å². The molecule has 5 nitrogen and oxygen atoms in total. The summed E-state index contributed by atoms with van der Waals surface area (Å²) in [5.74, 6) is -0.548. The van der Waals surface area contributed by atoms with Crippen LogP contribution in [0.1, 0.15) is 37.0 Å². The summed E-state index contributed by atoms with van der Waals surface area (Å²) in [6.45, 7) is 6.03. The second-order valence-corrected chi connectivity index (χ2v) is 5.75. The van der Waals surface area contributed by atoms with Crippen molar-refractivity contribution in [2.75, 3.05) is 7.11 Å². The van der Waals surface area contributed by atoms with Crippen LogP contribution in [0.5, 0.6) is 0 Å². The summed E-state index contributed by atoms with van der Waals surface area (Å²) in [5, 5.41) is 4.62. The molecule has 2 rings (SSSR count). The lowest BCUT2D eigenvalue weighted by molar-refractivity contribution is 0.0593. The predicted molar refractivity (Wildman–Crippen MR) is 76.4 cm³/mol. The molecule has 20 heavy (non-hydrogen) atoms. The first-order valence-corrected chi connectivity index (χ1v) is 6.51. The fraction of sp³-hybridized carbons (Fsp3) is 0.357. The maximum absolute atomic E-state index is 11.8. The van der Waals surface area contributed by atoms with Gasteiger partial charge in [0.2, 0.25) is 0 Å². The number of carbonyl (C=O) groups is 1. The van der Waals surface area contributed by atoms with Gasteiger partial charge in [-0.3, -0.25) is 4.98 Å². The first kappa shape index (κ1) is 14.5. The molecule has 0 fully saturated rings. The minimum absolute atomic E-state index is 0.121. The summed E-state index contributed by atoms with van der Waals surface area (Å²) >= 11 is 6.34. The number of rotatable bonds is 2. The summed E-state index contributed by atoms with van der Waals surface area (Å²) in [7, 11) is 1.31. The fourth-order valence-corrected chi connectivity index (χ4v) is 2.42. The van der Waals surface area contributed by atoms with E-state index in [4.69, 9.17) is 16.3 Å². The third-order valence-electron chi connectivity index (χ3n) is 2.82. The molecule has 6 heteroatoms. The van der Waals surface area contributed by atoms with Crippen LogP contribution in [0.15, 0.2) is 24.5 Å². The van der Waals surface area contributed by atoms with Crippen molar-refractivity contribution >= 4 is 17.6 Å². The highest BCUT2D eigenvalue weighted by molar-refractivity contribution is 6.34. The summed E-state index contributed by atoms with van der Waals surface area (Å²) < 4.78 is 6.39. The van der Waals surface area contributed by atoms with Gasteiger partial charge in [-0.2, -0.15) is 5.10 Å². The predicted octanol–water partition coefficient (Wildman–Crippen LogP) is 3.00. The topological polar surface area (TPSA) is 57.0 Å². The van der Waals surface area contributed by atoms with Crippen molar-refractivity contribution in [3.63, 3.8) is 0 Å². The Labute approximate surface area is 122 Å². The molecule has 0 atom stereocenters. The molecule has 0 aliphatic heterocycles. The van der Waals surface area contributed by atoms with E-state index < -0.39 is 5.97 Å². The quantitative estimate of drug-likeness (QED) is 0.799. The normalized spacial score (nSPS) is 11.4. The molecule has 0 spiro atoms. The second-order valence-electron chi connectivity index (χ2n) is 5.37. The molecule has 0 aliphatic carbocycles. The van der Waals surface area contributed by atoms with Gasteiger partial charge in [0.15, 0.2) is 5.69 Å². The number of nitrogens with zero attached hydrogens (tertiary/aromatic N) is 3. The summed E-state index contributed by atoms with van der Waals surface area (Å²) in [6.07, 6.45) is 3.32. The molecule has 2 aromatic rings. The van der Waals surface area contributed by atoms with E-state index in [2.05, 4.69) is 10.1 Å². The Hall–Kier alpha value is -1.88. The molecule has 106 valence electrons. The average molecular weight is 294 g/mol. The van der Waals surface area contributed by atoms with Crippen LogP contribution in [0.2, 0.25) is 5.02 Å². The molecule has 0 aliphatic rings. The lowest BCUT2D eigenvalue weighted by Crippen LogP contribution is -2.18. The highest BCUT2D eigenvalue weighted by Gasteiger charge is 2.30. The first-order chi connectivity index (χ1) is 9.36. The van der Waals surface area contributed by atoms with Crippen molar-refractivity contribution in [2.45, 2.75) is 26.2 Å². The van der Waals surface area contributed by atoms with E-state index in [9.17, 15) is 4.79 Å². The molecule has 2 heterocycles. The Morgan fingerprint density at radius 3 is 2.40 bits per heavy atom. The molecule has 0 bridgehead atoms. The monoisotopic (exact) mass is 293 g/mol. The van der Waals surface area contributed by atoms with E-state index in [0.29, 0.717) is 5.02 Å². The van der Waals surface area contributed by atoms with Crippen molar-refractivity contribution in [1.82, 2.24) is 14.8 Å². The average Bonchev–Trinajstić information content (AvgIpc) is 2.76. The van der Waals surface area contributed by atoms with E-state index >= 15 is 0 Å². The number of ether oxygens (including phenoxy) is 1. The van der Waals surface area contributed by atoms with Crippen LogP contribution in [0.4, 0.5) is 0 Å². The zero-order chi connectivity index (χ0) is 14.9. The van der Waals surface area contributed by atoms with Crippen molar-refractivity contribution in [1.29, 1.82) is 0 Å². The third kappa shape index (κ3) is 2.54. The Morgan fingerprint density at radius 2 is 1.90 bits per heavy atom. The zero-order valence-electron chi connectivity index (χ0n) is 11.8. The molecule has 0 N–H and O–H groups in total. The van der Waals surface area contributed by atoms with Gasteiger partial charge in [0, 0.05) is 17.8 Å². The molecular formula is C14H16ClN3O2. The molecule has 0 unspecified atom stereocenters. The largest absolute Gasteiger partial charge is 0.464 e. The number of carbonyl (C=O) groups excluding carboxylic acids is 1. The fourth-order valence-electron chi connectivity index (χ4n) is 1.95. The van der Waals surface area contributed by atoms with Gasteiger partial charge in [0.1, 0.15) is 0 Å². The SMILES string of the molecule is COC(=O)c1nn(-c2ccncc2)c(C(C)(C)C)c1Cl. The van der Waals surface area contributed by atoms with Crippen molar-refractivity contribution in [3.05, 3.63) is 40.9 Å². The highest BCUT2D eigenvalue weighted by atomic mass is 35.5. The third-order valence-corrected chi connectivity index (χ3v) is 3.18. The van der Waals surface area contributed by atoms with Gasteiger partial charge in [-0.15, -0.1) is 0 Å². The lowest BCUT2D eigenvalue weighted by atomic mass is 9.91. The van der Waals surface area contributed by atoms with Crippen LogP contribution in [-0.2, 0) is 10.2 Å². The van der Waals surface area contributed by atoms with Crippen LogP contribution >= 0.6 is 11.6 Å². The minimum atomic E-state index is -0.548. The molecular weight excluding hydrogens is 278 g/mol. The smallest absolute Gasteiger partial charge is 0.360 e. The maximum Gasteiger partial charge on any atom is 0.360 e. The Morgan fingerprint density at radius 1 is 1.30 bits per heavy atom. The summed E-state index contributed by atoms with van der Waals surface area (Å²) in [6, 6.07) is 3.61. The number of methoxy groups -OCH3 is 1. The number of esters is 1. The first-order valence-electron chi connectivity index (χ1n) is 6.14. The standard InChI is InChI=1S/C14H16ClN3O2/c1-14(2,3)12-10(15)11(13(19)20-4)17-18(12)9-5-7-16-8-6-9/h5-8H,1-4H3. The molecule has 0 amide bonds. The Balaban J connectivity index is 2.71. The van der Waals surface area contributed by atoms with E-state index in [-0.39, 0.29) is 11.1 Å². The Bertz CT molecular complexity index is 630. The van der Waals surface area contributed by atoms with Gasteiger partial charge in [0.05, 0.1) is 23.5 Å². The summed E-state index contributed by atoms with van der Waals surface area (Å²) in [5.41, 5.74) is 1.39. The van der Waals surface area contributed by atoms with Gasteiger partial charge in [-0.05, 0) is 12.1 Å². The number of halogens is 1. The maximum atomic E-state index is 11.8. The number of pyridine rings is 1. The van der Waals surface area contributed by atoms with Crippen LogP contribution < -0.4 is 0 Å². The number of hydrogen-bond donors (Lipinski definition) is 0. The van der Waals surface area contributed by atoms with Gasteiger partial charge in [-0.25, -0.2) is 9.48 Å². The van der Waals surface area contributed by atoms with Crippen molar-refractivity contribution < 1.29 is 9.53 Å². The van der Waals surface area contributed by atoms with Gasteiger partial charge >= 0.3 is 5.97 Å². The van der Waals surface area contributed by atoms with Crippen LogP contribution in [0.3, 0.4) is 0 Å². The van der Waals surface area contributed by atoms with Crippen LogP contribution in [-0.4, -0.2) is 27.8 Å². The number of hydrogen-bond acceptors (Lipinski definition) is 4. The van der Waals surface area contributed by atoms with Gasteiger partial charge < -0.3 is 4.74 Å². The van der Waals surface area contributed by atoms with Crippen molar-refractivity contribution in [2.24, 2.45) is 0 Å². The Kier molecular flexibility index (Phi) is 3.81. The van der Waals surface area contributed by atoms with E-state index in [1.807, 2.05) is 20.8 Å². The van der Waals surface area contributed by atoms with E-state index in [0.717, 1.165) is 11.4 Å². The number of aromatic nitrogens is 3. The van der Waals surface area contributed by atoms with Crippen LogP contribution in [0, 0.1) is 0 Å². The van der Waals surface area contributed by atoms with Crippen LogP contribution in [0.25, 0.3) is 5.69 Å².